The van der Waals surface area contributed by atoms with Gasteiger partial charge in [0.15, 0.2) is 0 Å². The monoisotopic (exact) mass is 508 g/mol. The van der Waals surface area contributed by atoms with Crippen LogP contribution in [0.25, 0.3) is 0 Å². The molecular weight excluding hydrogens is 460 g/mol. The van der Waals surface area contributed by atoms with Gasteiger partial charge in [-0.3, -0.25) is 19.4 Å². The molecule has 0 bridgehead atoms. The Bertz CT molecular complexity index is 782. The van der Waals surface area contributed by atoms with Crippen molar-refractivity contribution in [2.24, 2.45) is 10.8 Å². The minimum absolute atomic E-state index is 0.0749. The number of hydrogen-bond donors (Lipinski definition) is 0. The van der Waals surface area contributed by atoms with Crippen LogP contribution in [-0.2, 0) is 14.3 Å². The fraction of sp³-hybridized carbons (Fsp3) is 0.852. The average Bonchev–Trinajstić information content (AvgIpc) is 3.22. The van der Waals surface area contributed by atoms with E-state index < -0.39 is 0 Å². The van der Waals surface area contributed by atoms with Gasteiger partial charge in [0.2, 0.25) is 11.8 Å². The van der Waals surface area contributed by atoms with Crippen LogP contribution in [0.15, 0.2) is 0 Å². The third-order valence-electron chi connectivity index (χ3n) is 7.55. The molecular formula is C27H48N4O5. The van der Waals surface area contributed by atoms with Crippen LogP contribution >= 0.6 is 0 Å². The lowest BCUT2D eigenvalue weighted by Gasteiger charge is -2.27. The zero-order valence-corrected chi connectivity index (χ0v) is 23.4. The van der Waals surface area contributed by atoms with Gasteiger partial charge in [0.05, 0.1) is 0 Å². The van der Waals surface area contributed by atoms with Crippen molar-refractivity contribution < 1.29 is 23.9 Å². The number of carbonyl (C=O) groups excluding carboxylic acids is 4. The van der Waals surface area contributed by atoms with Crippen LogP contribution in [0.5, 0.6) is 0 Å². The summed E-state index contributed by atoms with van der Waals surface area (Å²) in [5, 5.41) is 0. The van der Waals surface area contributed by atoms with Crippen molar-refractivity contribution in [3.63, 3.8) is 0 Å². The van der Waals surface area contributed by atoms with Crippen molar-refractivity contribution >= 4 is 23.9 Å². The molecule has 36 heavy (non-hydrogen) atoms. The highest BCUT2D eigenvalue weighted by Crippen LogP contribution is 2.30. The van der Waals surface area contributed by atoms with Crippen molar-refractivity contribution in [1.29, 1.82) is 0 Å². The van der Waals surface area contributed by atoms with E-state index in [1.54, 1.807) is 11.9 Å². The number of nitrogens with zero attached hydrogens (tertiary/aromatic N) is 4. The predicted molar refractivity (Wildman–Crippen MR) is 139 cm³/mol. The van der Waals surface area contributed by atoms with E-state index in [-0.39, 0.29) is 47.8 Å². The molecule has 2 rings (SSSR count). The lowest BCUT2D eigenvalue weighted by molar-refractivity contribution is -0.126. The second kappa shape index (κ2) is 13.4. The number of imide groups is 2. The van der Waals surface area contributed by atoms with E-state index in [1.165, 1.54) is 14.7 Å². The van der Waals surface area contributed by atoms with Gasteiger partial charge >= 0.3 is 12.1 Å². The number of amides is 6. The highest BCUT2D eigenvalue weighted by Gasteiger charge is 2.36. The quantitative estimate of drug-likeness (QED) is 0.215. The first-order valence-corrected chi connectivity index (χ1v) is 13.6. The van der Waals surface area contributed by atoms with Gasteiger partial charge in [0, 0.05) is 39.9 Å². The maximum atomic E-state index is 12.2. The standard InChI is InChI=1S/C27H48N4O5/c1-7-29-21-23(33)31(25(29)35)17-15-27(4,5)13-9-11-19-36-18-10-8-12-26(2,3)14-16-30-22(32)20-28(6)24(30)34/h7-21H2,1-6H3. The first kappa shape index (κ1) is 30.1. The first-order chi connectivity index (χ1) is 16.9. The van der Waals surface area contributed by atoms with Crippen molar-refractivity contribution in [2.75, 3.05) is 53.0 Å². The van der Waals surface area contributed by atoms with Gasteiger partial charge in [-0.25, -0.2) is 9.59 Å². The minimum atomic E-state index is -0.187. The van der Waals surface area contributed by atoms with E-state index >= 15 is 0 Å². The van der Waals surface area contributed by atoms with Crippen LogP contribution in [0.3, 0.4) is 0 Å². The minimum Gasteiger partial charge on any atom is -0.381 e. The molecule has 9 heteroatoms. The predicted octanol–water partition coefficient (Wildman–Crippen LogP) is 4.35. The average molecular weight is 509 g/mol. The number of ether oxygens (including phenoxy) is 1. The Balaban J connectivity index is 1.50. The Morgan fingerprint density at radius 1 is 0.694 bits per heavy atom. The summed E-state index contributed by atoms with van der Waals surface area (Å²) >= 11 is 0. The summed E-state index contributed by atoms with van der Waals surface area (Å²) in [5.41, 5.74) is 0.151. The lowest BCUT2D eigenvalue weighted by Crippen LogP contribution is -2.35. The maximum absolute atomic E-state index is 12.2. The van der Waals surface area contributed by atoms with Gasteiger partial charge in [-0.05, 0) is 56.3 Å². The Morgan fingerprint density at radius 2 is 1.17 bits per heavy atom. The van der Waals surface area contributed by atoms with Gasteiger partial charge in [0.1, 0.15) is 13.1 Å². The molecule has 206 valence electrons. The van der Waals surface area contributed by atoms with E-state index in [4.69, 9.17) is 4.74 Å². The summed E-state index contributed by atoms with van der Waals surface area (Å²) in [4.78, 5) is 54.1. The van der Waals surface area contributed by atoms with Gasteiger partial charge in [-0.15, -0.1) is 0 Å². The second-order valence-electron chi connectivity index (χ2n) is 11.9. The Hall–Kier alpha value is -2.16. The third kappa shape index (κ3) is 9.05. The molecule has 2 aliphatic heterocycles. The van der Waals surface area contributed by atoms with E-state index in [0.717, 1.165) is 64.6 Å². The van der Waals surface area contributed by atoms with Crippen molar-refractivity contribution in [1.82, 2.24) is 19.6 Å². The van der Waals surface area contributed by atoms with Gasteiger partial charge in [-0.1, -0.05) is 40.5 Å². The van der Waals surface area contributed by atoms with Gasteiger partial charge in [-0.2, -0.15) is 0 Å². The number of unbranched alkanes of at least 4 members (excludes halogenated alkanes) is 2. The maximum Gasteiger partial charge on any atom is 0.327 e. The van der Waals surface area contributed by atoms with Crippen LogP contribution in [0, 0.1) is 10.8 Å². The molecule has 9 nitrogen and oxygen atoms in total. The van der Waals surface area contributed by atoms with Crippen LogP contribution in [0.4, 0.5) is 9.59 Å². The van der Waals surface area contributed by atoms with Crippen LogP contribution in [0.1, 0.15) is 86.0 Å². The summed E-state index contributed by atoms with van der Waals surface area (Å²) in [6, 6.07) is -0.340. The molecule has 0 N–H and O–H groups in total. The molecule has 2 aliphatic rings. The normalized spacial score (nSPS) is 17.4. The van der Waals surface area contributed by atoms with E-state index in [9.17, 15) is 19.2 Å². The Morgan fingerprint density at radius 3 is 1.58 bits per heavy atom. The number of likely N-dealkylation sites (N-methyl/N-ethyl adjacent to an activating group) is 2. The topological polar surface area (TPSA) is 90.5 Å². The summed E-state index contributed by atoms with van der Waals surface area (Å²) in [6.07, 6.45) is 7.84. The number of carbonyl (C=O) groups is 4. The van der Waals surface area contributed by atoms with E-state index in [0.29, 0.717) is 19.6 Å². The van der Waals surface area contributed by atoms with Crippen molar-refractivity contribution in [2.45, 2.75) is 86.0 Å². The lowest BCUT2D eigenvalue weighted by atomic mass is 9.83. The molecule has 2 fully saturated rings. The van der Waals surface area contributed by atoms with Crippen LogP contribution < -0.4 is 0 Å². The third-order valence-corrected chi connectivity index (χ3v) is 7.55. The Kier molecular flexibility index (Phi) is 11.2. The molecule has 0 unspecified atom stereocenters. The van der Waals surface area contributed by atoms with E-state index in [2.05, 4.69) is 27.7 Å². The highest BCUT2D eigenvalue weighted by atomic mass is 16.5. The largest absolute Gasteiger partial charge is 0.381 e. The summed E-state index contributed by atoms with van der Waals surface area (Å²) < 4.78 is 5.83. The zero-order valence-electron chi connectivity index (χ0n) is 23.4. The first-order valence-electron chi connectivity index (χ1n) is 13.6. The summed E-state index contributed by atoms with van der Waals surface area (Å²) in [7, 11) is 1.66. The summed E-state index contributed by atoms with van der Waals surface area (Å²) in [6.45, 7) is 14.1. The number of hydrogen-bond acceptors (Lipinski definition) is 5. The number of rotatable bonds is 17. The zero-order chi connectivity index (χ0) is 26.9. The van der Waals surface area contributed by atoms with Crippen LogP contribution in [0.2, 0.25) is 0 Å². The fourth-order valence-corrected chi connectivity index (χ4v) is 4.75. The highest BCUT2D eigenvalue weighted by molar-refractivity contribution is 6.02. The molecule has 0 atom stereocenters. The molecule has 0 radical (unpaired) electrons. The molecule has 0 aromatic carbocycles. The fourth-order valence-electron chi connectivity index (χ4n) is 4.75. The number of urea groups is 2. The molecule has 2 heterocycles. The van der Waals surface area contributed by atoms with Crippen molar-refractivity contribution in [3.8, 4) is 0 Å². The SMILES string of the molecule is CCN1CC(=O)N(CCC(C)(C)CCCCOCCCCC(C)(C)CCN2C(=O)CN(C)C2=O)C1=O. The van der Waals surface area contributed by atoms with Gasteiger partial charge in [0.25, 0.3) is 0 Å². The molecule has 0 aliphatic carbocycles. The Labute approximate surface area is 217 Å². The molecule has 0 aromatic heterocycles. The van der Waals surface area contributed by atoms with Crippen LogP contribution in [-0.4, -0.2) is 96.5 Å². The second-order valence-corrected chi connectivity index (χ2v) is 11.9. The van der Waals surface area contributed by atoms with E-state index in [1.807, 2.05) is 6.92 Å². The molecule has 0 aromatic rings. The smallest absolute Gasteiger partial charge is 0.327 e. The molecule has 2 saturated heterocycles. The molecule has 0 saturated carbocycles. The molecule has 0 spiro atoms. The molecule has 6 amide bonds. The summed E-state index contributed by atoms with van der Waals surface area (Å²) in [5.74, 6) is -0.186. The van der Waals surface area contributed by atoms with Crippen molar-refractivity contribution in [3.05, 3.63) is 0 Å². The van der Waals surface area contributed by atoms with Gasteiger partial charge < -0.3 is 14.5 Å².